The Kier molecular flexibility index (Phi) is 7.96. The second-order valence-electron chi connectivity index (χ2n) is 6.95. The number of rotatable bonds is 7. The van der Waals surface area contributed by atoms with Crippen LogP contribution in [0.5, 0.6) is 0 Å². The predicted molar refractivity (Wildman–Crippen MR) is 91.4 cm³/mol. The number of unbranched alkanes of at least 4 members (excludes halogenated alkanes) is 5. The fraction of sp³-hybridized carbons (Fsp3) is 0.833. The van der Waals surface area contributed by atoms with Crippen LogP contribution >= 0.6 is 0 Å². The minimum absolute atomic E-state index is 0.00587. The van der Waals surface area contributed by atoms with Crippen molar-refractivity contribution in [3.8, 4) is 12.3 Å². The van der Waals surface area contributed by atoms with Crippen LogP contribution in [0.2, 0.25) is 0 Å². The van der Waals surface area contributed by atoms with Crippen molar-refractivity contribution < 1.29 is 4.48 Å². The van der Waals surface area contributed by atoms with E-state index >= 15 is 0 Å². The molecule has 2 saturated heterocycles. The largest absolute Gasteiger partial charge is 0.422 e. The van der Waals surface area contributed by atoms with Crippen LogP contribution in [0.15, 0.2) is 4.99 Å². The minimum atomic E-state index is -0.00587. The summed E-state index contributed by atoms with van der Waals surface area (Å²) in [5, 5.41) is 24.4. The van der Waals surface area contributed by atoms with E-state index in [0.29, 0.717) is 0 Å². The zero-order chi connectivity index (χ0) is 17.2. The van der Waals surface area contributed by atoms with E-state index in [-0.39, 0.29) is 5.54 Å². The molecule has 1 atom stereocenters. The summed E-state index contributed by atoms with van der Waals surface area (Å²) in [6, 6.07) is 4.77. The smallest absolute Gasteiger partial charge is 0.186 e. The van der Waals surface area contributed by atoms with Gasteiger partial charge in [0.25, 0.3) is 0 Å². The van der Waals surface area contributed by atoms with Gasteiger partial charge in [0.2, 0.25) is 0 Å². The highest BCUT2D eigenvalue weighted by atomic mass is 15.4. The molecule has 1 unspecified atom stereocenters. The molecule has 0 aromatic rings. The summed E-state index contributed by atoms with van der Waals surface area (Å²) in [6.45, 7) is 3.51. The topological polar surface area (TPSA) is 82.2 Å². The zero-order valence-corrected chi connectivity index (χ0v) is 14.6. The molecule has 0 amide bonds. The van der Waals surface area contributed by atoms with Crippen molar-refractivity contribution in [3.63, 3.8) is 0 Å². The lowest BCUT2D eigenvalue weighted by molar-refractivity contribution is -0.946. The van der Waals surface area contributed by atoms with Gasteiger partial charge in [0.05, 0.1) is 25.8 Å². The van der Waals surface area contributed by atoms with Gasteiger partial charge in [-0.2, -0.15) is 10.5 Å². The average Bonchev–Trinajstić information content (AvgIpc) is 3.00. The van der Waals surface area contributed by atoms with Crippen LogP contribution in [0.25, 0.3) is 5.41 Å². The van der Waals surface area contributed by atoms with E-state index in [1.165, 1.54) is 70.1 Å². The molecule has 0 aromatic heterocycles. The Bertz CT molecular complexity index is 487. The Balaban J connectivity index is 0.000000463. The maximum Gasteiger partial charge on any atom is 0.186 e. The highest BCUT2D eigenvalue weighted by Gasteiger charge is 2.62. The minimum Gasteiger partial charge on any atom is -0.422 e. The Morgan fingerprint density at radius 1 is 1.13 bits per heavy atom. The molecular formula is C18H29N5. The zero-order valence-electron chi connectivity index (χ0n) is 14.6. The maximum atomic E-state index is 9.59. The second-order valence-corrected chi connectivity index (χ2v) is 6.95. The van der Waals surface area contributed by atoms with Gasteiger partial charge < -0.3 is 14.9 Å². The van der Waals surface area contributed by atoms with E-state index in [0.717, 1.165) is 23.4 Å². The molecule has 2 aliphatic rings. The van der Waals surface area contributed by atoms with E-state index in [1.54, 1.807) is 0 Å². The van der Waals surface area contributed by atoms with Crippen LogP contribution in [-0.4, -0.2) is 35.7 Å². The third-order valence-electron chi connectivity index (χ3n) is 5.85. The molecule has 0 N–H and O–H groups in total. The van der Waals surface area contributed by atoms with Crippen molar-refractivity contribution in [3.05, 3.63) is 5.41 Å². The van der Waals surface area contributed by atoms with Gasteiger partial charge in [-0.05, 0) is 12.8 Å². The summed E-state index contributed by atoms with van der Waals surface area (Å²) in [7, 11) is 2.36. The van der Waals surface area contributed by atoms with Crippen LogP contribution in [0.4, 0.5) is 0 Å². The first-order valence-corrected chi connectivity index (χ1v) is 8.84. The van der Waals surface area contributed by atoms with Gasteiger partial charge in [0.1, 0.15) is 6.07 Å². The standard InChI is InChI=1S/C16H29N2.C2N3/c1-3-4-5-6-7-8-13-18(2)15-9-11-16(18,14-17)12-10-15;3-1-5-2-4/h15H,3-13H2,1-2H3;/q+1;-1. The summed E-state index contributed by atoms with van der Waals surface area (Å²) in [5.41, 5.74) is -0.00587. The van der Waals surface area contributed by atoms with Crippen molar-refractivity contribution in [2.75, 3.05) is 13.6 Å². The van der Waals surface area contributed by atoms with Crippen molar-refractivity contribution in [1.82, 2.24) is 0 Å². The molecule has 0 aliphatic carbocycles. The molecule has 0 spiro atoms. The molecule has 2 rings (SSSR count). The highest BCUT2D eigenvalue weighted by molar-refractivity contribution is 5.46. The molecule has 0 saturated carbocycles. The summed E-state index contributed by atoms with van der Waals surface area (Å²) >= 11 is 0. The molecule has 2 aliphatic heterocycles. The summed E-state index contributed by atoms with van der Waals surface area (Å²) in [6.07, 6.45) is 14.3. The molecule has 23 heavy (non-hydrogen) atoms. The molecule has 2 heterocycles. The molecule has 2 bridgehead atoms. The van der Waals surface area contributed by atoms with Crippen LogP contribution in [0.3, 0.4) is 0 Å². The SMILES string of the molecule is CCCCCCCC[N+]1(C)C2CCC1(C#N)CC2.N#CN=C=[N-]. The first kappa shape index (κ1) is 19.4. The first-order chi connectivity index (χ1) is 11.1. The fourth-order valence-corrected chi connectivity index (χ4v) is 4.38. The Labute approximate surface area is 140 Å². The monoisotopic (exact) mass is 315 g/mol. The van der Waals surface area contributed by atoms with E-state index in [1.807, 2.05) is 0 Å². The Hall–Kier alpha value is -1.68. The number of hydrogen-bond donors (Lipinski definition) is 0. The predicted octanol–water partition coefficient (Wildman–Crippen LogP) is 4.22. The van der Waals surface area contributed by atoms with Crippen LogP contribution in [0, 0.1) is 22.8 Å². The van der Waals surface area contributed by atoms with E-state index in [9.17, 15) is 5.26 Å². The van der Waals surface area contributed by atoms with Gasteiger partial charge in [-0.25, -0.2) is 0 Å². The fourth-order valence-electron chi connectivity index (χ4n) is 4.38. The summed E-state index contributed by atoms with van der Waals surface area (Å²) in [4.78, 5) is 2.58. The van der Waals surface area contributed by atoms with Gasteiger partial charge in [0.15, 0.2) is 5.54 Å². The first-order valence-electron chi connectivity index (χ1n) is 8.84. The molecule has 5 heteroatoms. The van der Waals surface area contributed by atoms with Crippen LogP contribution < -0.4 is 0 Å². The van der Waals surface area contributed by atoms with Gasteiger partial charge >= 0.3 is 0 Å². The normalized spacial score (nSPS) is 30.5. The van der Waals surface area contributed by atoms with Gasteiger partial charge in [-0.3, -0.25) is 0 Å². The highest BCUT2D eigenvalue weighted by Crippen LogP contribution is 2.51. The molecular weight excluding hydrogens is 286 g/mol. The van der Waals surface area contributed by atoms with E-state index < -0.39 is 0 Å². The van der Waals surface area contributed by atoms with Crippen molar-refractivity contribution in [1.29, 1.82) is 10.5 Å². The van der Waals surface area contributed by atoms with Gasteiger partial charge in [0, 0.05) is 25.7 Å². The number of nitriles is 2. The van der Waals surface area contributed by atoms with Gasteiger partial charge in [-0.1, -0.05) is 32.6 Å². The molecule has 0 radical (unpaired) electrons. The number of aliphatic imine (C=N–C) groups is 1. The number of nitrogens with zero attached hydrogens (tertiary/aromatic N) is 5. The average molecular weight is 315 g/mol. The van der Waals surface area contributed by atoms with Crippen molar-refractivity contribution in [2.24, 2.45) is 4.99 Å². The lowest BCUT2D eigenvalue weighted by Crippen LogP contribution is -2.56. The van der Waals surface area contributed by atoms with Crippen molar-refractivity contribution >= 4 is 6.01 Å². The van der Waals surface area contributed by atoms with E-state index in [2.05, 4.69) is 25.0 Å². The third-order valence-corrected chi connectivity index (χ3v) is 5.85. The number of hydrogen-bond acceptors (Lipinski definition) is 3. The number of fused-ring (bicyclic) bond motifs is 2. The van der Waals surface area contributed by atoms with Crippen LogP contribution in [0.1, 0.15) is 71.1 Å². The second kappa shape index (κ2) is 9.46. The lowest BCUT2D eigenvalue weighted by atomic mass is 9.89. The quantitative estimate of drug-likeness (QED) is 0.305. The summed E-state index contributed by atoms with van der Waals surface area (Å²) < 4.78 is 1.08. The maximum absolute atomic E-state index is 9.59. The summed E-state index contributed by atoms with van der Waals surface area (Å²) in [5.74, 6) is 0. The number of quaternary nitrogens is 1. The Morgan fingerprint density at radius 3 is 2.22 bits per heavy atom. The lowest BCUT2D eigenvalue weighted by Gasteiger charge is -2.40. The van der Waals surface area contributed by atoms with Crippen LogP contribution in [-0.2, 0) is 0 Å². The van der Waals surface area contributed by atoms with Crippen molar-refractivity contribution in [2.45, 2.75) is 82.7 Å². The molecule has 126 valence electrons. The van der Waals surface area contributed by atoms with Gasteiger partial charge in [-0.15, -0.1) is 6.01 Å². The van der Waals surface area contributed by atoms with E-state index in [4.69, 9.17) is 10.7 Å². The Morgan fingerprint density at radius 2 is 1.74 bits per heavy atom. The molecule has 0 aromatic carbocycles. The third kappa shape index (κ3) is 4.41. The molecule has 2 fully saturated rings. The molecule has 5 nitrogen and oxygen atoms in total.